The molecule has 132 valence electrons. The van der Waals surface area contributed by atoms with Crippen LogP contribution in [0.1, 0.15) is 52.6 Å². The lowest BCUT2D eigenvalue weighted by Crippen LogP contribution is -2.05. The Morgan fingerprint density at radius 1 is 0.577 bits per heavy atom. The molecule has 0 aliphatic heterocycles. The molecule has 0 radical (unpaired) electrons. The molecule has 2 aromatic carbocycles. The van der Waals surface area contributed by atoms with Gasteiger partial charge in [0.25, 0.3) is 0 Å². The van der Waals surface area contributed by atoms with E-state index in [9.17, 15) is 29.4 Å². The maximum Gasteiger partial charge on any atom is 0.336 e. The summed E-state index contributed by atoms with van der Waals surface area (Å²) in [7, 11) is 0. The lowest BCUT2D eigenvalue weighted by Gasteiger charge is -2.05. The molecule has 0 bridgehead atoms. The Morgan fingerprint density at radius 2 is 0.923 bits per heavy atom. The van der Waals surface area contributed by atoms with Crippen molar-refractivity contribution in [2.24, 2.45) is 0 Å². The minimum atomic E-state index is -1.34. The number of benzene rings is 2. The molecule has 0 amide bonds. The highest BCUT2D eigenvalue weighted by Gasteiger charge is 2.14. The number of carboxylic acids is 4. The minimum absolute atomic E-state index is 0.168. The van der Waals surface area contributed by atoms with Gasteiger partial charge in [0.15, 0.2) is 0 Å². The average Bonchev–Trinajstić information content (AvgIpc) is 2.59. The van der Waals surface area contributed by atoms with Crippen molar-refractivity contribution in [3.63, 3.8) is 0 Å². The molecule has 0 aliphatic carbocycles. The van der Waals surface area contributed by atoms with Crippen LogP contribution in [-0.2, 0) is 0 Å². The number of hydrogen-bond acceptors (Lipinski definition) is 4. The number of hydrogen-bond donors (Lipinski definition) is 4. The fourth-order valence-electron chi connectivity index (χ4n) is 2.22. The summed E-state index contributed by atoms with van der Waals surface area (Å²) in [5.74, 6) is -5.24. The molecule has 0 spiro atoms. The van der Waals surface area contributed by atoms with Gasteiger partial charge in [-0.1, -0.05) is 24.3 Å². The first kappa shape index (κ1) is 18.4. The summed E-state index contributed by atoms with van der Waals surface area (Å²) in [4.78, 5) is 44.5. The smallest absolute Gasteiger partial charge is 0.336 e. The Balaban J connectivity index is 2.50. The zero-order chi connectivity index (χ0) is 19.4. The molecule has 26 heavy (non-hydrogen) atoms. The summed E-state index contributed by atoms with van der Waals surface area (Å²) >= 11 is 0. The van der Waals surface area contributed by atoms with E-state index in [2.05, 4.69) is 0 Å². The third-order valence-corrected chi connectivity index (χ3v) is 3.50. The summed E-state index contributed by atoms with van der Waals surface area (Å²) < 4.78 is 0. The fraction of sp³-hybridized carbons (Fsp3) is 0. The van der Waals surface area contributed by atoms with E-state index in [1.165, 1.54) is 36.4 Å². The second kappa shape index (κ2) is 7.31. The van der Waals surface area contributed by atoms with Gasteiger partial charge < -0.3 is 20.4 Å². The van der Waals surface area contributed by atoms with Gasteiger partial charge in [0, 0.05) is 0 Å². The first-order valence-electron chi connectivity index (χ1n) is 7.10. The largest absolute Gasteiger partial charge is 0.478 e. The second-order valence-electron chi connectivity index (χ2n) is 5.16. The molecule has 2 aromatic rings. The lowest BCUT2D eigenvalue weighted by atomic mass is 10.00. The van der Waals surface area contributed by atoms with Crippen molar-refractivity contribution in [3.05, 3.63) is 69.8 Å². The lowest BCUT2D eigenvalue weighted by molar-refractivity contribution is 0.0676. The number of carbonyl (C=O) groups is 4. The van der Waals surface area contributed by atoms with Crippen LogP contribution in [0.3, 0.4) is 0 Å². The number of rotatable bonds is 6. The van der Waals surface area contributed by atoms with Gasteiger partial charge in [-0.3, -0.25) is 0 Å². The maximum atomic E-state index is 11.3. The van der Waals surface area contributed by atoms with Crippen LogP contribution in [0.5, 0.6) is 0 Å². The van der Waals surface area contributed by atoms with Crippen LogP contribution < -0.4 is 0 Å². The molecular formula is C18H12O8. The van der Waals surface area contributed by atoms with Gasteiger partial charge in [-0.15, -0.1) is 0 Å². The van der Waals surface area contributed by atoms with Crippen molar-refractivity contribution >= 4 is 36.0 Å². The minimum Gasteiger partial charge on any atom is -0.478 e. The van der Waals surface area contributed by atoms with Crippen molar-refractivity contribution in [1.82, 2.24) is 0 Å². The first-order valence-corrected chi connectivity index (χ1v) is 7.10. The van der Waals surface area contributed by atoms with Gasteiger partial charge >= 0.3 is 23.9 Å². The molecule has 0 aromatic heterocycles. The van der Waals surface area contributed by atoms with E-state index in [4.69, 9.17) is 10.2 Å². The van der Waals surface area contributed by atoms with Crippen molar-refractivity contribution in [2.45, 2.75) is 0 Å². The predicted molar refractivity (Wildman–Crippen MR) is 89.6 cm³/mol. The highest BCUT2D eigenvalue weighted by atomic mass is 16.4. The molecular weight excluding hydrogens is 344 g/mol. The Hall–Kier alpha value is -3.94. The zero-order valence-corrected chi connectivity index (χ0v) is 13.0. The van der Waals surface area contributed by atoms with Crippen molar-refractivity contribution in [2.75, 3.05) is 0 Å². The molecule has 4 N–H and O–H groups in total. The van der Waals surface area contributed by atoms with E-state index in [0.29, 0.717) is 0 Å². The molecule has 8 nitrogen and oxygen atoms in total. The van der Waals surface area contributed by atoms with Gasteiger partial charge in [-0.2, -0.15) is 0 Å². The van der Waals surface area contributed by atoms with E-state index >= 15 is 0 Å². The van der Waals surface area contributed by atoms with Crippen molar-refractivity contribution in [3.8, 4) is 0 Å². The van der Waals surface area contributed by atoms with Crippen LogP contribution in [-0.4, -0.2) is 44.3 Å². The molecule has 0 atom stereocenters. The Labute approximate surface area is 146 Å². The van der Waals surface area contributed by atoms with Crippen LogP contribution in [0, 0.1) is 0 Å². The summed E-state index contributed by atoms with van der Waals surface area (Å²) in [5.41, 5.74) is -0.587. The van der Waals surface area contributed by atoms with Crippen LogP contribution in [0.4, 0.5) is 0 Å². The van der Waals surface area contributed by atoms with Gasteiger partial charge in [-0.05, 0) is 35.4 Å². The van der Waals surface area contributed by atoms with Crippen molar-refractivity contribution < 1.29 is 39.6 Å². The molecule has 0 unspecified atom stereocenters. The summed E-state index contributed by atoms with van der Waals surface area (Å²) in [6.07, 6.45) is 2.63. The molecule has 0 fully saturated rings. The van der Waals surface area contributed by atoms with Crippen LogP contribution in [0.15, 0.2) is 36.4 Å². The molecule has 0 heterocycles. The maximum absolute atomic E-state index is 11.3. The van der Waals surface area contributed by atoms with Crippen molar-refractivity contribution in [1.29, 1.82) is 0 Å². The highest BCUT2D eigenvalue weighted by molar-refractivity contribution is 6.00. The third-order valence-electron chi connectivity index (χ3n) is 3.50. The van der Waals surface area contributed by atoms with Gasteiger partial charge in [0.2, 0.25) is 0 Å². The average molecular weight is 356 g/mol. The number of carboxylic acid groups (broad SMARTS) is 4. The molecule has 0 saturated carbocycles. The van der Waals surface area contributed by atoms with E-state index in [1.807, 2.05) is 0 Å². The van der Waals surface area contributed by atoms with Crippen LogP contribution in [0.2, 0.25) is 0 Å². The van der Waals surface area contributed by atoms with E-state index in [0.717, 1.165) is 12.1 Å². The Morgan fingerprint density at radius 3 is 1.19 bits per heavy atom. The number of aromatic carboxylic acids is 4. The normalized spacial score (nSPS) is 10.6. The van der Waals surface area contributed by atoms with Gasteiger partial charge in [0.05, 0.1) is 22.3 Å². The monoisotopic (exact) mass is 356 g/mol. The fourth-order valence-corrected chi connectivity index (χ4v) is 2.22. The van der Waals surface area contributed by atoms with Crippen LogP contribution in [0.25, 0.3) is 12.2 Å². The van der Waals surface area contributed by atoms with E-state index in [-0.39, 0.29) is 33.4 Å². The Kier molecular flexibility index (Phi) is 5.17. The van der Waals surface area contributed by atoms with Gasteiger partial charge in [0.1, 0.15) is 0 Å². The zero-order valence-electron chi connectivity index (χ0n) is 13.0. The highest BCUT2D eigenvalue weighted by Crippen LogP contribution is 2.19. The second-order valence-corrected chi connectivity index (χ2v) is 5.16. The first-order chi connectivity index (χ1) is 12.2. The third kappa shape index (κ3) is 3.93. The topological polar surface area (TPSA) is 149 Å². The van der Waals surface area contributed by atoms with Gasteiger partial charge in [-0.25, -0.2) is 19.2 Å². The summed E-state index contributed by atoms with van der Waals surface area (Å²) in [6.45, 7) is 0. The van der Waals surface area contributed by atoms with E-state index in [1.54, 1.807) is 0 Å². The van der Waals surface area contributed by atoms with Crippen LogP contribution >= 0.6 is 0 Å². The molecule has 8 heteroatoms. The molecule has 2 rings (SSSR count). The standard InChI is InChI=1S/C18H12O8/c19-15(20)11-5-3-9(13(7-11)17(23)24)1-2-10-4-6-12(16(21)22)8-14(10)18(25)26/h1-8H,(H,19,20)(H,21,22)(H,23,24)(H,25,26)/b2-1-. The Bertz CT molecular complexity index is 878. The predicted octanol–water partition coefficient (Wildman–Crippen LogP) is 2.65. The summed E-state index contributed by atoms with van der Waals surface area (Å²) in [6, 6.07) is 7.01. The van der Waals surface area contributed by atoms with E-state index < -0.39 is 23.9 Å². The summed E-state index contributed by atoms with van der Waals surface area (Å²) in [5, 5.41) is 36.3. The quantitative estimate of drug-likeness (QED) is 0.577. The SMILES string of the molecule is O=C(O)c1ccc(/C=C\c2ccc(C(=O)O)cc2C(=O)O)c(C(=O)O)c1. The molecule has 0 saturated heterocycles. The molecule has 0 aliphatic rings.